The Labute approximate surface area is 152 Å². The molecule has 3 aromatic rings. The SMILES string of the molecule is Cc1cc(OCCCc2c(C)[nH]c3cc(Cl)ccc23)cc(C)c1Cl. The molecular weight excluding hydrogens is 341 g/mol. The van der Waals surface area contributed by atoms with E-state index in [0.717, 1.165) is 45.3 Å². The van der Waals surface area contributed by atoms with Crippen LogP contribution < -0.4 is 4.74 Å². The van der Waals surface area contributed by atoms with Crippen LogP contribution in [-0.2, 0) is 6.42 Å². The van der Waals surface area contributed by atoms with Gasteiger partial charge < -0.3 is 9.72 Å². The third-order valence-corrected chi connectivity index (χ3v) is 5.16. The Morgan fingerprint density at radius 1 is 1.00 bits per heavy atom. The number of H-pyrrole nitrogens is 1. The summed E-state index contributed by atoms with van der Waals surface area (Å²) in [6, 6.07) is 9.99. The first kappa shape index (κ1) is 17.2. The van der Waals surface area contributed by atoms with Crippen LogP contribution in [0.3, 0.4) is 0 Å². The summed E-state index contributed by atoms with van der Waals surface area (Å²) in [5, 5.41) is 2.82. The molecule has 0 saturated heterocycles. The molecule has 0 saturated carbocycles. The maximum atomic E-state index is 6.19. The van der Waals surface area contributed by atoms with Crippen LogP contribution in [0.1, 0.15) is 28.8 Å². The lowest BCUT2D eigenvalue weighted by Gasteiger charge is -2.10. The fraction of sp³-hybridized carbons (Fsp3) is 0.300. The van der Waals surface area contributed by atoms with Gasteiger partial charge in [0.15, 0.2) is 0 Å². The van der Waals surface area contributed by atoms with E-state index >= 15 is 0 Å². The largest absolute Gasteiger partial charge is 0.494 e. The molecule has 1 heterocycles. The minimum absolute atomic E-state index is 0.681. The van der Waals surface area contributed by atoms with E-state index in [0.29, 0.717) is 6.61 Å². The van der Waals surface area contributed by atoms with Gasteiger partial charge in [0.25, 0.3) is 0 Å². The van der Waals surface area contributed by atoms with Gasteiger partial charge in [0.05, 0.1) is 6.61 Å². The van der Waals surface area contributed by atoms with Crippen LogP contribution in [0.5, 0.6) is 5.75 Å². The Bertz CT molecular complexity index is 860. The molecule has 0 aliphatic heterocycles. The van der Waals surface area contributed by atoms with Gasteiger partial charge in [-0.25, -0.2) is 0 Å². The third-order valence-electron chi connectivity index (χ3n) is 4.33. The number of fused-ring (bicyclic) bond motifs is 1. The zero-order valence-electron chi connectivity index (χ0n) is 14.2. The molecular formula is C20H21Cl2NO. The van der Waals surface area contributed by atoms with E-state index in [2.05, 4.69) is 18.0 Å². The molecule has 0 unspecified atom stereocenters. The van der Waals surface area contributed by atoms with Crippen LogP contribution in [0.2, 0.25) is 10.0 Å². The molecule has 4 heteroatoms. The van der Waals surface area contributed by atoms with Crippen LogP contribution in [-0.4, -0.2) is 11.6 Å². The highest BCUT2D eigenvalue weighted by Crippen LogP contribution is 2.27. The topological polar surface area (TPSA) is 25.0 Å². The van der Waals surface area contributed by atoms with Crippen LogP contribution in [0.4, 0.5) is 0 Å². The molecule has 2 nitrogen and oxygen atoms in total. The smallest absolute Gasteiger partial charge is 0.119 e. The molecule has 126 valence electrons. The fourth-order valence-electron chi connectivity index (χ4n) is 3.11. The van der Waals surface area contributed by atoms with Crippen molar-refractivity contribution in [1.82, 2.24) is 4.98 Å². The minimum Gasteiger partial charge on any atom is -0.494 e. The lowest BCUT2D eigenvalue weighted by molar-refractivity contribution is 0.310. The molecule has 0 radical (unpaired) electrons. The maximum Gasteiger partial charge on any atom is 0.119 e. The van der Waals surface area contributed by atoms with E-state index in [1.54, 1.807) is 0 Å². The molecule has 0 amide bonds. The predicted octanol–water partition coefficient (Wildman–Crippen LogP) is 6.41. The zero-order chi connectivity index (χ0) is 17.3. The summed E-state index contributed by atoms with van der Waals surface area (Å²) in [7, 11) is 0. The zero-order valence-corrected chi connectivity index (χ0v) is 15.7. The van der Waals surface area contributed by atoms with E-state index in [4.69, 9.17) is 27.9 Å². The number of aromatic nitrogens is 1. The van der Waals surface area contributed by atoms with Crippen LogP contribution in [0.15, 0.2) is 30.3 Å². The Hall–Kier alpha value is -1.64. The number of rotatable bonds is 5. The molecule has 0 fully saturated rings. The number of hydrogen-bond acceptors (Lipinski definition) is 1. The lowest BCUT2D eigenvalue weighted by Crippen LogP contribution is -2.00. The summed E-state index contributed by atoms with van der Waals surface area (Å²) in [6.07, 6.45) is 1.93. The van der Waals surface area contributed by atoms with Crippen LogP contribution in [0.25, 0.3) is 10.9 Å². The van der Waals surface area contributed by atoms with Gasteiger partial charge in [-0.05, 0) is 74.6 Å². The molecule has 0 aliphatic carbocycles. The second-order valence-corrected chi connectivity index (χ2v) is 7.06. The molecule has 0 bridgehead atoms. The standard InChI is InChI=1S/C20H21Cl2NO/c1-12-9-16(10-13(2)20(12)22)24-8-4-5-17-14(3)23-19-11-15(21)6-7-18(17)19/h6-7,9-11,23H,4-5,8H2,1-3H3. The molecule has 0 spiro atoms. The molecule has 1 N–H and O–H groups in total. The van der Waals surface area contributed by atoms with Gasteiger partial charge in [-0.15, -0.1) is 0 Å². The summed E-state index contributed by atoms with van der Waals surface area (Å²) in [6.45, 7) is 6.79. The van der Waals surface area contributed by atoms with Gasteiger partial charge in [0, 0.05) is 26.6 Å². The van der Waals surface area contributed by atoms with E-state index in [9.17, 15) is 0 Å². The maximum absolute atomic E-state index is 6.19. The number of aryl methyl sites for hydroxylation is 4. The van der Waals surface area contributed by atoms with Crippen molar-refractivity contribution in [2.75, 3.05) is 6.61 Å². The van der Waals surface area contributed by atoms with Gasteiger partial charge >= 0.3 is 0 Å². The van der Waals surface area contributed by atoms with Crippen molar-refractivity contribution in [3.05, 3.63) is 62.8 Å². The highest BCUT2D eigenvalue weighted by Gasteiger charge is 2.09. The first-order valence-electron chi connectivity index (χ1n) is 8.12. The molecule has 1 aromatic heterocycles. The second kappa shape index (κ2) is 7.08. The van der Waals surface area contributed by atoms with Crippen molar-refractivity contribution in [3.63, 3.8) is 0 Å². The van der Waals surface area contributed by atoms with Gasteiger partial charge in [-0.2, -0.15) is 0 Å². The number of benzene rings is 2. The predicted molar refractivity (Wildman–Crippen MR) is 103 cm³/mol. The molecule has 24 heavy (non-hydrogen) atoms. The summed E-state index contributed by atoms with van der Waals surface area (Å²) >= 11 is 12.3. The van der Waals surface area contributed by atoms with Crippen molar-refractivity contribution in [2.45, 2.75) is 33.6 Å². The number of nitrogens with one attached hydrogen (secondary N) is 1. The van der Waals surface area contributed by atoms with Gasteiger partial charge in [-0.3, -0.25) is 0 Å². The van der Waals surface area contributed by atoms with Crippen molar-refractivity contribution in [2.24, 2.45) is 0 Å². The van der Waals surface area contributed by atoms with Crippen LogP contribution in [0, 0.1) is 20.8 Å². The number of aromatic amines is 1. The number of halogens is 2. The highest BCUT2D eigenvalue weighted by atomic mass is 35.5. The number of ether oxygens (including phenoxy) is 1. The van der Waals surface area contributed by atoms with Crippen molar-refractivity contribution < 1.29 is 4.74 Å². The highest BCUT2D eigenvalue weighted by molar-refractivity contribution is 6.32. The third kappa shape index (κ3) is 3.55. The Morgan fingerprint density at radius 3 is 2.42 bits per heavy atom. The Morgan fingerprint density at radius 2 is 1.71 bits per heavy atom. The molecule has 0 aliphatic rings. The summed E-state index contributed by atoms with van der Waals surface area (Å²) < 4.78 is 5.90. The molecule has 3 rings (SSSR count). The van der Waals surface area contributed by atoms with Crippen molar-refractivity contribution in [3.8, 4) is 5.75 Å². The summed E-state index contributed by atoms with van der Waals surface area (Å²) in [5.41, 5.74) is 5.74. The van der Waals surface area contributed by atoms with Crippen molar-refractivity contribution in [1.29, 1.82) is 0 Å². The summed E-state index contributed by atoms with van der Waals surface area (Å²) in [5.74, 6) is 0.886. The van der Waals surface area contributed by atoms with Gasteiger partial charge in [-0.1, -0.05) is 29.3 Å². The van der Waals surface area contributed by atoms with E-state index < -0.39 is 0 Å². The molecule has 0 atom stereocenters. The van der Waals surface area contributed by atoms with Crippen molar-refractivity contribution >= 4 is 34.1 Å². The van der Waals surface area contributed by atoms with E-state index in [-0.39, 0.29) is 0 Å². The monoisotopic (exact) mass is 361 g/mol. The molecule has 2 aromatic carbocycles. The summed E-state index contributed by atoms with van der Waals surface area (Å²) in [4.78, 5) is 3.41. The first-order chi connectivity index (χ1) is 11.5. The van der Waals surface area contributed by atoms with E-state index in [1.807, 2.05) is 38.1 Å². The van der Waals surface area contributed by atoms with E-state index in [1.165, 1.54) is 16.6 Å². The average molecular weight is 362 g/mol. The second-order valence-electron chi connectivity index (χ2n) is 6.24. The minimum atomic E-state index is 0.681. The lowest BCUT2D eigenvalue weighted by atomic mass is 10.1. The Kier molecular flexibility index (Phi) is 5.07. The normalized spacial score (nSPS) is 11.2. The quantitative estimate of drug-likeness (QED) is 0.521. The first-order valence-corrected chi connectivity index (χ1v) is 8.87. The Balaban J connectivity index is 1.64. The van der Waals surface area contributed by atoms with Gasteiger partial charge in [0.1, 0.15) is 5.75 Å². The fourth-order valence-corrected chi connectivity index (χ4v) is 3.39. The average Bonchev–Trinajstić information content (AvgIpc) is 2.83. The van der Waals surface area contributed by atoms with Gasteiger partial charge in [0.2, 0.25) is 0 Å². The van der Waals surface area contributed by atoms with Crippen LogP contribution >= 0.6 is 23.2 Å². The number of hydrogen-bond donors (Lipinski definition) is 1.